The number of nitrogens with one attached hydrogen (secondary N) is 1. The molecule has 0 spiro atoms. The van der Waals surface area contributed by atoms with E-state index in [4.69, 9.17) is 11.6 Å². The van der Waals surface area contributed by atoms with Gasteiger partial charge in [-0.25, -0.2) is 9.37 Å². The standard InChI is InChI=1S/C12H6BrClF4N2/c13-7-2-4-10(12(16,17)18)20-11(7)19-9-5-6(15)1-3-8(9)14/h1-5H,(H,19,20). The van der Waals surface area contributed by atoms with Crippen molar-refractivity contribution in [3.63, 3.8) is 0 Å². The first kappa shape index (κ1) is 15.1. The molecule has 0 fully saturated rings. The minimum atomic E-state index is -4.57. The van der Waals surface area contributed by atoms with Crippen molar-refractivity contribution in [2.45, 2.75) is 6.18 Å². The Hall–Kier alpha value is -1.34. The molecule has 0 aliphatic heterocycles. The first-order valence-corrected chi connectivity index (χ1v) is 6.40. The van der Waals surface area contributed by atoms with Crippen LogP contribution in [0, 0.1) is 5.82 Å². The van der Waals surface area contributed by atoms with Crippen LogP contribution in [0.5, 0.6) is 0 Å². The van der Waals surface area contributed by atoms with Crippen LogP contribution in [-0.4, -0.2) is 4.98 Å². The maximum atomic E-state index is 13.1. The summed E-state index contributed by atoms with van der Waals surface area (Å²) >= 11 is 8.90. The second-order valence-electron chi connectivity index (χ2n) is 3.77. The highest BCUT2D eigenvalue weighted by molar-refractivity contribution is 9.10. The molecule has 0 aliphatic rings. The number of anilines is 2. The summed E-state index contributed by atoms with van der Waals surface area (Å²) in [7, 11) is 0. The largest absolute Gasteiger partial charge is 0.433 e. The molecule has 0 atom stereocenters. The predicted molar refractivity (Wildman–Crippen MR) is 71.6 cm³/mol. The van der Waals surface area contributed by atoms with Crippen LogP contribution in [0.25, 0.3) is 0 Å². The Morgan fingerprint density at radius 2 is 1.85 bits per heavy atom. The zero-order chi connectivity index (χ0) is 14.9. The van der Waals surface area contributed by atoms with Gasteiger partial charge in [-0.1, -0.05) is 11.6 Å². The summed E-state index contributed by atoms with van der Waals surface area (Å²) < 4.78 is 51.2. The topological polar surface area (TPSA) is 24.9 Å². The Bertz CT molecular complexity index is 646. The van der Waals surface area contributed by atoms with Crippen LogP contribution in [-0.2, 0) is 6.18 Å². The molecule has 0 unspecified atom stereocenters. The van der Waals surface area contributed by atoms with Crippen LogP contribution in [0.1, 0.15) is 5.69 Å². The van der Waals surface area contributed by atoms with Crippen LogP contribution in [0.15, 0.2) is 34.8 Å². The average molecular weight is 370 g/mol. The number of nitrogens with zero attached hydrogens (tertiary/aromatic N) is 1. The van der Waals surface area contributed by atoms with Gasteiger partial charge in [-0.15, -0.1) is 0 Å². The molecule has 2 rings (SSSR count). The van der Waals surface area contributed by atoms with E-state index in [-0.39, 0.29) is 16.5 Å². The van der Waals surface area contributed by atoms with E-state index in [1.54, 1.807) is 0 Å². The highest BCUT2D eigenvalue weighted by Gasteiger charge is 2.33. The monoisotopic (exact) mass is 368 g/mol. The molecule has 106 valence electrons. The third-order valence-electron chi connectivity index (χ3n) is 2.32. The van der Waals surface area contributed by atoms with Gasteiger partial charge in [-0.05, 0) is 46.3 Å². The molecule has 1 heterocycles. The maximum Gasteiger partial charge on any atom is 0.433 e. The van der Waals surface area contributed by atoms with Gasteiger partial charge in [0, 0.05) is 0 Å². The lowest BCUT2D eigenvalue weighted by Crippen LogP contribution is -2.09. The van der Waals surface area contributed by atoms with Gasteiger partial charge in [0.2, 0.25) is 0 Å². The summed E-state index contributed by atoms with van der Waals surface area (Å²) in [5, 5.41) is 2.73. The highest BCUT2D eigenvalue weighted by Crippen LogP contribution is 2.33. The number of alkyl halides is 3. The average Bonchev–Trinajstić information content (AvgIpc) is 2.35. The number of benzene rings is 1. The summed E-state index contributed by atoms with van der Waals surface area (Å²) in [5.41, 5.74) is -0.935. The SMILES string of the molecule is Fc1ccc(Cl)c(Nc2nc(C(F)(F)F)ccc2Br)c1. The van der Waals surface area contributed by atoms with Crippen molar-refractivity contribution in [1.82, 2.24) is 4.98 Å². The Balaban J connectivity index is 2.40. The molecule has 0 aliphatic carbocycles. The van der Waals surface area contributed by atoms with Crippen molar-refractivity contribution in [3.05, 3.63) is 51.3 Å². The van der Waals surface area contributed by atoms with Gasteiger partial charge in [-0.3, -0.25) is 0 Å². The Morgan fingerprint density at radius 1 is 1.15 bits per heavy atom. The minimum Gasteiger partial charge on any atom is -0.338 e. The quantitative estimate of drug-likeness (QED) is 0.717. The zero-order valence-electron chi connectivity index (χ0n) is 9.60. The van der Waals surface area contributed by atoms with Crippen LogP contribution >= 0.6 is 27.5 Å². The minimum absolute atomic E-state index is 0.104. The molecule has 0 saturated heterocycles. The van der Waals surface area contributed by atoms with E-state index < -0.39 is 17.7 Å². The van der Waals surface area contributed by atoms with Gasteiger partial charge in [0.25, 0.3) is 0 Å². The molecule has 0 saturated carbocycles. The van der Waals surface area contributed by atoms with Crippen molar-refractivity contribution in [3.8, 4) is 0 Å². The van der Waals surface area contributed by atoms with Crippen LogP contribution in [0.2, 0.25) is 5.02 Å². The molecule has 8 heteroatoms. The zero-order valence-corrected chi connectivity index (χ0v) is 11.9. The maximum absolute atomic E-state index is 13.1. The lowest BCUT2D eigenvalue weighted by Gasteiger charge is -2.12. The lowest BCUT2D eigenvalue weighted by atomic mass is 10.3. The molecular formula is C12H6BrClF4N2. The summed E-state index contributed by atoms with van der Waals surface area (Å²) in [4.78, 5) is 3.45. The van der Waals surface area contributed by atoms with E-state index in [1.165, 1.54) is 12.1 Å². The number of hydrogen-bond donors (Lipinski definition) is 1. The van der Waals surface area contributed by atoms with Crippen molar-refractivity contribution >= 4 is 39.0 Å². The molecule has 2 aromatic rings. The smallest absolute Gasteiger partial charge is 0.338 e. The molecule has 20 heavy (non-hydrogen) atoms. The predicted octanol–water partition coefficient (Wildman–Crippen LogP) is 5.40. The molecule has 0 bridgehead atoms. The lowest BCUT2D eigenvalue weighted by molar-refractivity contribution is -0.141. The highest BCUT2D eigenvalue weighted by atomic mass is 79.9. The summed E-state index contributed by atoms with van der Waals surface area (Å²) in [6, 6.07) is 5.54. The fraction of sp³-hybridized carbons (Fsp3) is 0.0833. The molecule has 0 amide bonds. The summed E-state index contributed by atoms with van der Waals surface area (Å²) in [6.45, 7) is 0. The molecule has 1 aromatic carbocycles. The second kappa shape index (κ2) is 5.57. The Morgan fingerprint density at radius 3 is 2.50 bits per heavy atom. The summed E-state index contributed by atoms with van der Waals surface area (Å²) in [5.74, 6) is -0.674. The van der Waals surface area contributed by atoms with Crippen molar-refractivity contribution in [1.29, 1.82) is 0 Å². The van der Waals surface area contributed by atoms with Crippen LogP contribution < -0.4 is 5.32 Å². The fourth-order valence-corrected chi connectivity index (χ4v) is 1.89. The number of aromatic nitrogens is 1. The number of pyridine rings is 1. The van der Waals surface area contributed by atoms with E-state index >= 15 is 0 Å². The fourth-order valence-electron chi connectivity index (χ4n) is 1.41. The van der Waals surface area contributed by atoms with E-state index in [9.17, 15) is 17.6 Å². The van der Waals surface area contributed by atoms with E-state index in [0.29, 0.717) is 4.47 Å². The van der Waals surface area contributed by atoms with E-state index in [2.05, 4.69) is 26.2 Å². The number of halogens is 6. The van der Waals surface area contributed by atoms with Crippen molar-refractivity contribution < 1.29 is 17.6 Å². The first-order chi connectivity index (χ1) is 9.27. The van der Waals surface area contributed by atoms with Crippen LogP contribution in [0.3, 0.4) is 0 Å². The van der Waals surface area contributed by atoms with E-state index in [0.717, 1.165) is 18.2 Å². The molecule has 0 radical (unpaired) electrons. The summed E-state index contributed by atoms with van der Waals surface area (Å²) in [6.07, 6.45) is -4.57. The second-order valence-corrected chi connectivity index (χ2v) is 5.04. The van der Waals surface area contributed by atoms with Gasteiger partial charge in [-0.2, -0.15) is 13.2 Å². The normalized spacial score (nSPS) is 11.5. The third-order valence-corrected chi connectivity index (χ3v) is 3.29. The Labute approximate surface area is 124 Å². The van der Waals surface area contributed by atoms with Crippen LogP contribution in [0.4, 0.5) is 29.1 Å². The van der Waals surface area contributed by atoms with Crippen molar-refractivity contribution in [2.24, 2.45) is 0 Å². The van der Waals surface area contributed by atoms with Gasteiger partial charge in [0.1, 0.15) is 17.3 Å². The Kier molecular flexibility index (Phi) is 4.19. The van der Waals surface area contributed by atoms with Gasteiger partial charge in [0.15, 0.2) is 0 Å². The third kappa shape index (κ3) is 3.40. The number of hydrogen-bond acceptors (Lipinski definition) is 2. The molecule has 1 aromatic heterocycles. The number of rotatable bonds is 2. The van der Waals surface area contributed by atoms with Gasteiger partial charge < -0.3 is 5.32 Å². The molecule has 1 N–H and O–H groups in total. The van der Waals surface area contributed by atoms with Gasteiger partial charge in [0.05, 0.1) is 15.2 Å². The molecule has 2 nitrogen and oxygen atoms in total. The van der Waals surface area contributed by atoms with E-state index in [1.807, 2.05) is 0 Å². The van der Waals surface area contributed by atoms with Gasteiger partial charge >= 0.3 is 6.18 Å². The first-order valence-electron chi connectivity index (χ1n) is 5.23. The molecular weight excluding hydrogens is 363 g/mol. The van der Waals surface area contributed by atoms with Crippen molar-refractivity contribution in [2.75, 3.05) is 5.32 Å².